The lowest BCUT2D eigenvalue weighted by atomic mass is 10.2. The number of ether oxygens (including phenoxy) is 2. The molecule has 6 nitrogen and oxygen atoms in total. The van der Waals surface area contributed by atoms with Gasteiger partial charge in [0.15, 0.2) is 0 Å². The zero-order valence-corrected chi connectivity index (χ0v) is 13.3. The number of benzene rings is 2. The summed E-state index contributed by atoms with van der Waals surface area (Å²) in [5, 5.41) is 2.90. The van der Waals surface area contributed by atoms with Gasteiger partial charge in [-0.2, -0.15) is 9.97 Å². The fourth-order valence-electron chi connectivity index (χ4n) is 2.09. The van der Waals surface area contributed by atoms with Crippen molar-refractivity contribution in [1.82, 2.24) is 9.97 Å². The summed E-state index contributed by atoms with van der Waals surface area (Å²) < 4.78 is 11.4. The van der Waals surface area contributed by atoms with Crippen LogP contribution in [0.3, 0.4) is 0 Å². The zero-order valence-electron chi connectivity index (χ0n) is 13.3. The maximum atomic E-state index is 5.74. The third-order valence-electron chi connectivity index (χ3n) is 3.27. The molecule has 0 amide bonds. The molecule has 3 rings (SSSR count). The summed E-state index contributed by atoms with van der Waals surface area (Å²) in [6, 6.07) is 19.0. The number of rotatable bonds is 6. The highest BCUT2D eigenvalue weighted by molar-refractivity contribution is 5.43. The van der Waals surface area contributed by atoms with Crippen molar-refractivity contribution in [3.05, 3.63) is 66.2 Å². The summed E-state index contributed by atoms with van der Waals surface area (Å²) in [5.74, 6) is 2.54. The molecule has 0 spiro atoms. The molecule has 0 fully saturated rings. The van der Waals surface area contributed by atoms with Crippen LogP contribution in [0.15, 0.2) is 60.7 Å². The molecule has 0 saturated carbocycles. The van der Waals surface area contributed by atoms with Crippen molar-refractivity contribution in [3.63, 3.8) is 0 Å². The number of nitrogens with two attached hydrogens (primary N) is 1. The Morgan fingerprint density at radius 3 is 2.38 bits per heavy atom. The predicted molar refractivity (Wildman–Crippen MR) is 93.3 cm³/mol. The summed E-state index contributed by atoms with van der Waals surface area (Å²) in [5.41, 5.74) is 6.76. The highest BCUT2D eigenvalue weighted by Gasteiger charge is 2.04. The molecule has 1 heterocycles. The van der Waals surface area contributed by atoms with E-state index in [1.807, 2.05) is 54.6 Å². The van der Waals surface area contributed by atoms with Gasteiger partial charge in [0, 0.05) is 13.1 Å². The standard InChI is InChI=1S/C18H18N4O2/c1-20-16-11-17(22-18(19)21-16)24-15-9-7-14(8-10-15)23-12-13-5-3-2-4-6-13/h2-11H,12H2,1H3,(H3,19,20,21,22). The molecule has 3 aromatic rings. The van der Waals surface area contributed by atoms with Gasteiger partial charge in [0.1, 0.15) is 23.9 Å². The fourth-order valence-corrected chi connectivity index (χ4v) is 2.09. The minimum absolute atomic E-state index is 0.152. The first-order valence-electron chi connectivity index (χ1n) is 7.50. The van der Waals surface area contributed by atoms with Crippen molar-refractivity contribution >= 4 is 11.8 Å². The average Bonchev–Trinajstić information content (AvgIpc) is 2.61. The molecule has 0 atom stereocenters. The van der Waals surface area contributed by atoms with Crippen molar-refractivity contribution < 1.29 is 9.47 Å². The molecule has 0 unspecified atom stereocenters. The van der Waals surface area contributed by atoms with Crippen LogP contribution in [0.4, 0.5) is 11.8 Å². The van der Waals surface area contributed by atoms with Crippen LogP contribution < -0.4 is 20.5 Å². The van der Waals surface area contributed by atoms with Crippen molar-refractivity contribution in [2.75, 3.05) is 18.1 Å². The molecule has 0 bridgehead atoms. The minimum atomic E-state index is 0.152. The van der Waals surface area contributed by atoms with Crippen molar-refractivity contribution in [2.24, 2.45) is 0 Å². The number of hydrogen-bond donors (Lipinski definition) is 2. The highest BCUT2D eigenvalue weighted by Crippen LogP contribution is 2.24. The number of aromatic nitrogens is 2. The van der Waals surface area contributed by atoms with Crippen LogP contribution in [0.1, 0.15) is 5.56 Å². The molecule has 24 heavy (non-hydrogen) atoms. The first kappa shape index (κ1) is 15.6. The lowest BCUT2D eigenvalue weighted by molar-refractivity contribution is 0.305. The number of nitrogens with zero attached hydrogens (tertiary/aromatic N) is 2. The van der Waals surface area contributed by atoms with Crippen LogP contribution in [-0.4, -0.2) is 17.0 Å². The van der Waals surface area contributed by atoms with E-state index < -0.39 is 0 Å². The summed E-state index contributed by atoms with van der Waals surface area (Å²) in [7, 11) is 1.75. The Morgan fingerprint density at radius 2 is 1.67 bits per heavy atom. The maximum absolute atomic E-state index is 5.74. The third-order valence-corrected chi connectivity index (χ3v) is 3.27. The van der Waals surface area contributed by atoms with Gasteiger partial charge in [-0.05, 0) is 29.8 Å². The molecule has 0 aliphatic rings. The molecule has 0 radical (unpaired) electrons. The quantitative estimate of drug-likeness (QED) is 0.723. The number of nitrogen functional groups attached to an aromatic ring is 1. The Kier molecular flexibility index (Phi) is 4.76. The fraction of sp³-hybridized carbons (Fsp3) is 0.111. The molecule has 3 N–H and O–H groups in total. The molecule has 2 aromatic carbocycles. The van der Waals surface area contributed by atoms with Gasteiger partial charge in [0.25, 0.3) is 0 Å². The summed E-state index contributed by atoms with van der Waals surface area (Å²) in [6.45, 7) is 0.523. The zero-order chi connectivity index (χ0) is 16.8. The van der Waals surface area contributed by atoms with E-state index in [0.717, 1.165) is 11.3 Å². The smallest absolute Gasteiger partial charge is 0.226 e. The van der Waals surface area contributed by atoms with Gasteiger partial charge >= 0.3 is 0 Å². The van der Waals surface area contributed by atoms with Crippen LogP contribution in [0.2, 0.25) is 0 Å². The summed E-state index contributed by atoms with van der Waals surface area (Å²) >= 11 is 0. The molecule has 6 heteroatoms. The Bertz CT molecular complexity index is 792. The monoisotopic (exact) mass is 322 g/mol. The van der Waals surface area contributed by atoms with E-state index >= 15 is 0 Å². The van der Waals surface area contributed by atoms with Gasteiger partial charge in [-0.25, -0.2) is 0 Å². The second-order valence-corrected chi connectivity index (χ2v) is 5.05. The average molecular weight is 322 g/mol. The van der Waals surface area contributed by atoms with Crippen LogP contribution >= 0.6 is 0 Å². The van der Waals surface area contributed by atoms with Gasteiger partial charge < -0.3 is 20.5 Å². The van der Waals surface area contributed by atoms with Crippen LogP contribution in [0.5, 0.6) is 17.4 Å². The van der Waals surface area contributed by atoms with E-state index in [0.29, 0.717) is 24.1 Å². The normalized spacial score (nSPS) is 10.2. The molecule has 0 saturated heterocycles. The van der Waals surface area contributed by atoms with Crippen LogP contribution in [0, 0.1) is 0 Å². The van der Waals surface area contributed by atoms with E-state index in [1.165, 1.54) is 0 Å². The predicted octanol–water partition coefficient (Wildman–Crippen LogP) is 3.47. The third kappa shape index (κ3) is 4.13. The van der Waals surface area contributed by atoms with Gasteiger partial charge in [-0.1, -0.05) is 30.3 Å². The highest BCUT2D eigenvalue weighted by atomic mass is 16.5. The second kappa shape index (κ2) is 7.32. The summed E-state index contributed by atoms with van der Waals surface area (Å²) in [4.78, 5) is 8.07. The van der Waals surface area contributed by atoms with E-state index in [9.17, 15) is 0 Å². The van der Waals surface area contributed by atoms with Gasteiger partial charge in [0.2, 0.25) is 11.8 Å². The number of nitrogens with one attached hydrogen (secondary N) is 1. The van der Waals surface area contributed by atoms with E-state index in [1.54, 1.807) is 13.1 Å². The van der Waals surface area contributed by atoms with Crippen molar-refractivity contribution in [2.45, 2.75) is 6.61 Å². The Morgan fingerprint density at radius 1 is 0.958 bits per heavy atom. The summed E-state index contributed by atoms with van der Waals surface area (Å²) in [6.07, 6.45) is 0. The Hall–Kier alpha value is -3.28. The largest absolute Gasteiger partial charge is 0.489 e. The van der Waals surface area contributed by atoms with Gasteiger partial charge in [-0.15, -0.1) is 0 Å². The topological polar surface area (TPSA) is 82.3 Å². The molecule has 122 valence electrons. The van der Waals surface area contributed by atoms with Crippen LogP contribution in [-0.2, 0) is 6.61 Å². The van der Waals surface area contributed by atoms with Gasteiger partial charge in [0.05, 0.1) is 0 Å². The van der Waals surface area contributed by atoms with Crippen LogP contribution in [0.25, 0.3) is 0 Å². The lowest BCUT2D eigenvalue weighted by Crippen LogP contribution is -2.01. The Labute approximate surface area is 140 Å². The molecular weight excluding hydrogens is 304 g/mol. The first-order chi connectivity index (χ1) is 11.7. The number of hydrogen-bond acceptors (Lipinski definition) is 6. The van der Waals surface area contributed by atoms with Crippen molar-refractivity contribution in [1.29, 1.82) is 0 Å². The van der Waals surface area contributed by atoms with Gasteiger partial charge in [-0.3, -0.25) is 0 Å². The van der Waals surface area contributed by atoms with E-state index in [-0.39, 0.29) is 5.95 Å². The van der Waals surface area contributed by atoms with Crippen molar-refractivity contribution in [3.8, 4) is 17.4 Å². The maximum Gasteiger partial charge on any atom is 0.226 e. The molecule has 0 aliphatic carbocycles. The minimum Gasteiger partial charge on any atom is -0.489 e. The second-order valence-electron chi connectivity index (χ2n) is 5.05. The number of anilines is 2. The first-order valence-corrected chi connectivity index (χ1v) is 7.50. The van der Waals surface area contributed by atoms with E-state index in [2.05, 4.69) is 15.3 Å². The lowest BCUT2D eigenvalue weighted by Gasteiger charge is -2.09. The van der Waals surface area contributed by atoms with E-state index in [4.69, 9.17) is 15.2 Å². The molecular formula is C18H18N4O2. The molecule has 0 aliphatic heterocycles. The Balaban J connectivity index is 1.63. The molecule has 1 aromatic heterocycles. The SMILES string of the molecule is CNc1cc(Oc2ccc(OCc3ccccc3)cc2)nc(N)n1.